The van der Waals surface area contributed by atoms with Crippen molar-refractivity contribution in [1.82, 2.24) is 0 Å². The molecule has 1 N–H and O–H groups in total. The molecule has 0 heterocycles. The summed E-state index contributed by atoms with van der Waals surface area (Å²) in [6.45, 7) is 3.68. The highest BCUT2D eigenvalue weighted by atomic mass is 79.9. The zero-order chi connectivity index (χ0) is 10.2. The van der Waals surface area contributed by atoms with Gasteiger partial charge in [0.2, 0.25) is 0 Å². The number of hydrogen-bond donors (Lipinski definition) is 1. The lowest BCUT2D eigenvalue weighted by atomic mass is 10.1. The molecule has 0 aromatic carbocycles. The van der Waals surface area contributed by atoms with Crippen LogP contribution < -0.4 is 0 Å². The lowest BCUT2D eigenvalue weighted by Gasteiger charge is -1.96. The van der Waals surface area contributed by atoms with Crippen LogP contribution in [0.4, 0.5) is 4.39 Å². The summed E-state index contributed by atoms with van der Waals surface area (Å²) >= 11 is 2.97. The van der Waals surface area contributed by atoms with Gasteiger partial charge in [0, 0.05) is 0 Å². The lowest BCUT2D eigenvalue weighted by molar-refractivity contribution is -0.139. The minimum Gasteiger partial charge on any atom is -0.481 e. The van der Waals surface area contributed by atoms with Crippen molar-refractivity contribution in [3.63, 3.8) is 0 Å². The third kappa shape index (κ3) is 1.93. The first-order chi connectivity index (χ1) is 5.91. The van der Waals surface area contributed by atoms with Crippen LogP contribution in [-0.2, 0) is 4.79 Å². The molecule has 1 aliphatic rings. The van der Waals surface area contributed by atoms with Crippen molar-refractivity contribution >= 4 is 21.9 Å². The van der Waals surface area contributed by atoms with Gasteiger partial charge in [0.1, 0.15) is 5.83 Å². The number of allylic oxidation sites excluding steroid dienone is 2. The van der Waals surface area contributed by atoms with Crippen molar-refractivity contribution in [3.8, 4) is 0 Å². The summed E-state index contributed by atoms with van der Waals surface area (Å²) < 4.78 is 12.8. The van der Waals surface area contributed by atoms with Gasteiger partial charge in [0.15, 0.2) is 0 Å². The number of hydrogen-bond acceptors (Lipinski definition) is 1. The molecule has 0 aliphatic heterocycles. The summed E-state index contributed by atoms with van der Waals surface area (Å²) in [5, 5.41) is 8.94. The number of carboxylic acids is 1. The maximum atomic E-state index is 12.8. The molecule has 0 aromatic heterocycles. The molecule has 0 aromatic rings. The molecule has 74 valence electrons. The molecular formula is C9H12BrFO2. The Morgan fingerprint density at radius 3 is 2.54 bits per heavy atom. The Morgan fingerprint density at radius 2 is 2.23 bits per heavy atom. The molecule has 0 unspecified atom stereocenters. The largest absolute Gasteiger partial charge is 0.481 e. The first-order valence-electron chi connectivity index (χ1n) is 4.06. The fraction of sp³-hybridized carbons (Fsp3) is 0.667. The highest BCUT2D eigenvalue weighted by molar-refractivity contribution is 9.09. The third-order valence-corrected chi connectivity index (χ3v) is 3.20. The van der Waals surface area contributed by atoms with E-state index in [1.165, 1.54) is 6.08 Å². The highest BCUT2D eigenvalue weighted by Gasteiger charge is 2.61. The minimum atomic E-state index is -0.839. The van der Waals surface area contributed by atoms with Gasteiger partial charge in [-0.3, -0.25) is 4.79 Å². The molecule has 0 saturated heterocycles. The van der Waals surface area contributed by atoms with E-state index in [1.807, 2.05) is 13.8 Å². The quantitative estimate of drug-likeness (QED) is 0.783. The molecule has 13 heavy (non-hydrogen) atoms. The number of aliphatic carboxylic acids is 1. The van der Waals surface area contributed by atoms with Crippen LogP contribution in [0.25, 0.3) is 0 Å². The Morgan fingerprint density at radius 1 is 1.69 bits per heavy atom. The Kier molecular flexibility index (Phi) is 2.80. The summed E-state index contributed by atoms with van der Waals surface area (Å²) in [5.74, 6) is -1.73. The Labute approximate surface area is 85.0 Å². The second-order valence-electron chi connectivity index (χ2n) is 3.91. The van der Waals surface area contributed by atoms with Crippen LogP contribution in [-0.4, -0.2) is 16.4 Å². The number of carboxylic acid groups (broad SMARTS) is 1. The SMILES string of the molecule is CC1(C)[C@H](C(=O)O)[C@@H]1C=C(F)CBr. The Bertz CT molecular complexity index is 260. The van der Waals surface area contributed by atoms with Crippen molar-refractivity contribution in [2.75, 3.05) is 5.33 Å². The van der Waals surface area contributed by atoms with E-state index in [-0.39, 0.29) is 22.5 Å². The molecule has 2 nitrogen and oxygen atoms in total. The predicted molar refractivity (Wildman–Crippen MR) is 51.4 cm³/mol. The zero-order valence-electron chi connectivity index (χ0n) is 7.55. The van der Waals surface area contributed by atoms with Crippen molar-refractivity contribution in [2.45, 2.75) is 13.8 Å². The van der Waals surface area contributed by atoms with E-state index >= 15 is 0 Å². The molecule has 1 rings (SSSR count). The minimum absolute atomic E-state index is 0.159. The first kappa shape index (κ1) is 10.7. The van der Waals surface area contributed by atoms with E-state index in [9.17, 15) is 9.18 Å². The molecule has 0 amide bonds. The van der Waals surface area contributed by atoms with Crippen LogP contribution in [0.2, 0.25) is 0 Å². The van der Waals surface area contributed by atoms with Gasteiger partial charge in [0.05, 0.1) is 11.2 Å². The number of alkyl halides is 1. The van der Waals surface area contributed by atoms with E-state index in [1.54, 1.807) is 0 Å². The fourth-order valence-corrected chi connectivity index (χ4v) is 1.89. The van der Waals surface area contributed by atoms with E-state index < -0.39 is 11.9 Å². The summed E-state index contributed by atoms with van der Waals surface area (Å²) in [5.41, 5.74) is -0.300. The number of carbonyl (C=O) groups is 1. The molecule has 0 spiro atoms. The molecule has 1 fully saturated rings. The van der Waals surface area contributed by atoms with Gasteiger partial charge in [-0.1, -0.05) is 29.8 Å². The fourth-order valence-electron chi connectivity index (χ4n) is 1.70. The summed E-state index contributed by atoms with van der Waals surface area (Å²) in [6.07, 6.45) is 1.41. The summed E-state index contributed by atoms with van der Waals surface area (Å²) in [4.78, 5) is 10.7. The topological polar surface area (TPSA) is 37.3 Å². The van der Waals surface area contributed by atoms with Crippen LogP contribution >= 0.6 is 15.9 Å². The maximum Gasteiger partial charge on any atom is 0.307 e. The van der Waals surface area contributed by atoms with Gasteiger partial charge < -0.3 is 5.11 Å². The van der Waals surface area contributed by atoms with Crippen LogP contribution in [0.3, 0.4) is 0 Å². The lowest BCUT2D eigenvalue weighted by Crippen LogP contribution is -2.03. The molecule has 1 saturated carbocycles. The zero-order valence-corrected chi connectivity index (χ0v) is 9.14. The molecule has 0 radical (unpaired) electrons. The average molecular weight is 251 g/mol. The van der Waals surface area contributed by atoms with Gasteiger partial charge in [-0.15, -0.1) is 0 Å². The standard InChI is InChI=1S/C9H12BrFO2/c1-9(2)6(3-5(11)4-10)7(9)8(12)13/h3,6-7H,4H2,1-2H3,(H,12,13)/t6-,7-/m0/s1. The third-order valence-electron chi connectivity index (χ3n) is 2.66. The average Bonchev–Trinajstić information content (AvgIpc) is 2.53. The smallest absolute Gasteiger partial charge is 0.307 e. The van der Waals surface area contributed by atoms with Gasteiger partial charge >= 0.3 is 5.97 Å². The van der Waals surface area contributed by atoms with Crippen LogP contribution in [0.15, 0.2) is 11.9 Å². The Balaban J connectivity index is 2.71. The van der Waals surface area contributed by atoms with E-state index in [2.05, 4.69) is 15.9 Å². The van der Waals surface area contributed by atoms with Crippen LogP contribution in [0.5, 0.6) is 0 Å². The molecule has 2 atom stereocenters. The normalized spacial score (nSPS) is 31.5. The second-order valence-corrected chi connectivity index (χ2v) is 4.47. The number of halogens is 2. The second kappa shape index (κ2) is 3.40. The maximum absolute atomic E-state index is 12.8. The van der Waals surface area contributed by atoms with Gasteiger partial charge in [-0.25, -0.2) is 4.39 Å². The van der Waals surface area contributed by atoms with E-state index in [0.29, 0.717) is 0 Å². The van der Waals surface area contributed by atoms with E-state index in [4.69, 9.17) is 5.11 Å². The molecular weight excluding hydrogens is 239 g/mol. The predicted octanol–water partition coefficient (Wildman–Crippen LogP) is 2.59. The van der Waals surface area contributed by atoms with E-state index in [0.717, 1.165) is 0 Å². The molecule has 1 aliphatic carbocycles. The van der Waals surface area contributed by atoms with Gasteiger partial charge in [-0.05, 0) is 17.4 Å². The van der Waals surface area contributed by atoms with Gasteiger partial charge in [-0.2, -0.15) is 0 Å². The Hall–Kier alpha value is -0.380. The summed E-state index contributed by atoms with van der Waals surface area (Å²) in [6, 6.07) is 0. The van der Waals surface area contributed by atoms with Crippen molar-refractivity contribution in [3.05, 3.63) is 11.9 Å². The first-order valence-corrected chi connectivity index (χ1v) is 5.18. The van der Waals surface area contributed by atoms with Gasteiger partial charge in [0.25, 0.3) is 0 Å². The monoisotopic (exact) mass is 250 g/mol. The van der Waals surface area contributed by atoms with Crippen LogP contribution in [0, 0.1) is 17.3 Å². The molecule has 0 bridgehead atoms. The number of rotatable bonds is 3. The van der Waals surface area contributed by atoms with Crippen LogP contribution in [0.1, 0.15) is 13.8 Å². The summed E-state index contributed by atoms with van der Waals surface area (Å²) in [7, 11) is 0. The molecule has 4 heteroatoms. The van der Waals surface area contributed by atoms with Crippen molar-refractivity contribution < 1.29 is 14.3 Å². The van der Waals surface area contributed by atoms with Crippen molar-refractivity contribution in [2.24, 2.45) is 17.3 Å². The highest BCUT2D eigenvalue weighted by Crippen LogP contribution is 2.59. The van der Waals surface area contributed by atoms with Crippen molar-refractivity contribution in [1.29, 1.82) is 0 Å².